The van der Waals surface area contributed by atoms with Crippen LogP contribution in [0, 0.1) is 6.92 Å². The van der Waals surface area contributed by atoms with Crippen LogP contribution in [0.4, 0.5) is 0 Å². The molecule has 0 saturated carbocycles. The lowest BCUT2D eigenvalue weighted by Crippen LogP contribution is -1.81. The van der Waals surface area contributed by atoms with Crippen molar-refractivity contribution in [1.29, 1.82) is 0 Å². The Kier molecular flexibility index (Phi) is 2.34. The van der Waals surface area contributed by atoms with Gasteiger partial charge in [0.25, 0.3) is 0 Å². The van der Waals surface area contributed by atoms with Crippen LogP contribution in [0.1, 0.15) is 5.56 Å². The van der Waals surface area contributed by atoms with Gasteiger partial charge in [-0.3, -0.25) is 0 Å². The van der Waals surface area contributed by atoms with Crippen LogP contribution >= 0.6 is 0 Å². The average molecular weight is 200 g/mol. The van der Waals surface area contributed by atoms with E-state index in [1.807, 2.05) is 30.3 Å². The van der Waals surface area contributed by atoms with Gasteiger partial charge in [-0.25, -0.2) is 0 Å². The van der Waals surface area contributed by atoms with Gasteiger partial charge in [-0.2, -0.15) is 0 Å². The molecule has 0 spiro atoms. The molecule has 0 saturated heterocycles. The van der Waals surface area contributed by atoms with Gasteiger partial charge in [0.15, 0.2) is 0 Å². The third-order valence-corrected chi connectivity index (χ3v) is 2.46. The predicted octanol–water partition coefficient (Wildman–Crippen LogP) is 3.07. The van der Waals surface area contributed by atoms with E-state index in [0.29, 0.717) is 5.56 Å². The molecule has 15 heavy (non-hydrogen) atoms. The summed E-state index contributed by atoms with van der Waals surface area (Å²) in [5.41, 5.74) is 2.30. The largest absolute Gasteiger partial charge is 0.508 e. The number of phenolic OH excluding ortho intramolecular Hbond substituents is 2. The van der Waals surface area contributed by atoms with Crippen molar-refractivity contribution < 1.29 is 10.2 Å². The predicted molar refractivity (Wildman–Crippen MR) is 59.9 cm³/mol. The Balaban J connectivity index is 2.56. The van der Waals surface area contributed by atoms with Crippen molar-refractivity contribution in [3.05, 3.63) is 48.0 Å². The molecule has 2 aromatic rings. The summed E-state index contributed by atoms with van der Waals surface area (Å²) in [7, 11) is 0. The molecule has 2 rings (SSSR count). The third-order valence-electron chi connectivity index (χ3n) is 2.46. The van der Waals surface area contributed by atoms with Crippen molar-refractivity contribution in [1.82, 2.24) is 0 Å². The van der Waals surface area contributed by atoms with Crippen LogP contribution in [-0.2, 0) is 0 Å². The summed E-state index contributed by atoms with van der Waals surface area (Å²) in [5.74, 6) is 0.239. The number of aromatic hydroxyl groups is 2. The summed E-state index contributed by atoms with van der Waals surface area (Å²) < 4.78 is 0. The Morgan fingerprint density at radius 2 is 1.33 bits per heavy atom. The van der Waals surface area contributed by atoms with E-state index in [4.69, 9.17) is 0 Å². The highest BCUT2D eigenvalue weighted by atomic mass is 16.3. The first-order chi connectivity index (χ1) is 7.18. The fraction of sp³-hybridized carbons (Fsp3) is 0.0769. The Labute approximate surface area is 88.4 Å². The van der Waals surface area contributed by atoms with Crippen LogP contribution < -0.4 is 0 Å². The highest BCUT2D eigenvalue weighted by Gasteiger charge is 2.06. The van der Waals surface area contributed by atoms with Crippen molar-refractivity contribution in [2.24, 2.45) is 0 Å². The zero-order valence-electron chi connectivity index (χ0n) is 8.44. The molecule has 0 aliphatic heterocycles. The second-order valence-electron chi connectivity index (χ2n) is 3.51. The Morgan fingerprint density at radius 3 is 1.87 bits per heavy atom. The van der Waals surface area contributed by atoms with Gasteiger partial charge < -0.3 is 10.2 Å². The zero-order chi connectivity index (χ0) is 10.8. The Morgan fingerprint density at radius 1 is 0.800 bits per heavy atom. The molecule has 0 aliphatic carbocycles. The highest BCUT2D eigenvalue weighted by Crippen LogP contribution is 2.32. The fourth-order valence-electron chi connectivity index (χ4n) is 1.48. The molecule has 0 aliphatic rings. The summed E-state index contributed by atoms with van der Waals surface area (Å²) in [6, 6.07) is 13.0. The van der Waals surface area contributed by atoms with Crippen LogP contribution in [0.25, 0.3) is 11.1 Å². The maximum atomic E-state index is 9.58. The molecule has 2 N–H and O–H groups in total. The number of benzene rings is 2. The van der Waals surface area contributed by atoms with Crippen LogP contribution in [-0.4, -0.2) is 10.2 Å². The highest BCUT2D eigenvalue weighted by molar-refractivity contribution is 5.68. The van der Waals surface area contributed by atoms with Gasteiger partial charge >= 0.3 is 0 Å². The molecule has 2 aromatic carbocycles. The molecule has 0 radical (unpaired) electrons. The number of hydrogen-bond donors (Lipinski definition) is 2. The van der Waals surface area contributed by atoms with Crippen molar-refractivity contribution in [2.75, 3.05) is 0 Å². The van der Waals surface area contributed by atoms with E-state index in [1.165, 1.54) is 0 Å². The SMILES string of the molecule is Cc1c(O)cc(-c2ccccc2)cc1O. The van der Waals surface area contributed by atoms with E-state index in [2.05, 4.69) is 0 Å². The number of phenols is 2. The minimum atomic E-state index is 0.119. The van der Waals surface area contributed by atoms with Crippen LogP contribution in [0.3, 0.4) is 0 Å². The van der Waals surface area contributed by atoms with Gasteiger partial charge in [-0.15, -0.1) is 0 Å². The van der Waals surface area contributed by atoms with E-state index in [0.717, 1.165) is 11.1 Å². The fourth-order valence-corrected chi connectivity index (χ4v) is 1.48. The minimum Gasteiger partial charge on any atom is -0.508 e. The van der Waals surface area contributed by atoms with Crippen molar-refractivity contribution in [2.45, 2.75) is 6.92 Å². The Bertz CT molecular complexity index is 452. The van der Waals surface area contributed by atoms with Gasteiger partial charge in [0.1, 0.15) is 11.5 Å². The molecule has 0 fully saturated rings. The molecule has 0 aromatic heterocycles. The van der Waals surface area contributed by atoms with Crippen molar-refractivity contribution in [3.63, 3.8) is 0 Å². The summed E-state index contributed by atoms with van der Waals surface area (Å²) in [4.78, 5) is 0. The normalized spacial score (nSPS) is 10.2. The van der Waals surface area contributed by atoms with Crippen LogP contribution in [0.2, 0.25) is 0 Å². The van der Waals surface area contributed by atoms with Crippen LogP contribution in [0.5, 0.6) is 11.5 Å². The summed E-state index contributed by atoms with van der Waals surface area (Å²) in [6.45, 7) is 1.68. The first-order valence-corrected chi connectivity index (χ1v) is 4.76. The van der Waals surface area contributed by atoms with Crippen LogP contribution in [0.15, 0.2) is 42.5 Å². The smallest absolute Gasteiger partial charge is 0.122 e. The van der Waals surface area contributed by atoms with E-state index in [1.54, 1.807) is 19.1 Å². The number of hydrogen-bond acceptors (Lipinski definition) is 2. The third kappa shape index (κ3) is 1.79. The first kappa shape index (κ1) is 9.59. The minimum absolute atomic E-state index is 0.119. The molecular weight excluding hydrogens is 188 g/mol. The molecule has 2 heteroatoms. The lowest BCUT2D eigenvalue weighted by Gasteiger charge is -2.06. The van der Waals surface area contributed by atoms with Gasteiger partial charge in [0, 0.05) is 5.56 Å². The second kappa shape index (κ2) is 3.65. The molecule has 76 valence electrons. The molecule has 0 amide bonds. The maximum absolute atomic E-state index is 9.58. The number of rotatable bonds is 1. The van der Waals surface area contributed by atoms with E-state index in [-0.39, 0.29) is 11.5 Å². The summed E-state index contributed by atoms with van der Waals surface area (Å²) in [6.07, 6.45) is 0. The summed E-state index contributed by atoms with van der Waals surface area (Å²) in [5, 5.41) is 19.2. The van der Waals surface area contributed by atoms with Gasteiger partial charge in [0.05, 0.1) is 0 Å². The van der Waals surface area contributed by atoms with Gasteiger partial charge in [-0.05, 0) is 30.2 Å². The van der Waals surface area contributed by atoms with Gasteiger partial charge in [0.2, 0.25) is 0 Å². The molecular formula is C13H12O2. The molecule has 0 heterocycles. The molecule has 0 unspecified atom stereocenters. The molecule has 0 atom stereocenters. The maximum Gasteiger partial charge on any atom is 0.122 e. The molecule has 0 bridgehead atoms. The summed E-state index contributed by atoms with van der Waals surface area (Å²) >= 11 is 0. The van der Waals surface area contributed by atoms with E-state index >= 15 is 0 Å². The molecule has 2 nitrogen and oxygen atoms in total. The van der Waals surface area contributed by atoms with Crippen molar-refractivity contribution in [3.8, 4) is 22.6 Å². The standard InChI is InChI=1S/C13H12O2/c1-9-12(14)7-11(8-13(9)15)10-5-3-2-4-6-10/h2-8,14-15H,1H3. The van der Waals surface area contributed by atoms with E-state index in [9.17, 15) is 10.2 Å². The monoisotopic (exact) mass is 200 g/mol. The topological polar surface area (TPSA) is 40.5 Å². The second-order valence-corrected chi connectivity index (χ2v) is 3.51. The lowest BCUT2D eigenvalue weighted by molar-refractivity contribution is 0.444. The quantitative estimate of drug-likeness (QED) is 0.742. The Hall–Kier alpha value is -1.96. The van der Waals surface area contributed by atoms with E-state index < -0.39 is 0 Å². The zero-order valence-corrected chi connectivity index (χ0v) is 8.44. The average Bonchev–Trinajstić information content (AvgIpc) is 2.26. The van der Waals surface area contributed by atoms with Crippen molar-refractivity contribution >= 4 is 0 Å². The first-order valence-electron chi connectivity index (χ1n) is 4.76. The lowest BCUT2D eigenvalue weighted by atomic mass is 10.0. The van der Waals surface area contributed by atoms with Gasteiger partial charge in [-0.1, -0.05) is 30.3 Å².